The predicted molar refractivity (Wildman–Crippen MR) is 277 cm³/mol. The first-order valence-corrected chi connectivity index (χ1v) is 22.9. The van der Waals surface area contributed by atoms with Gasteiger partial charge in [0.05, 0.1) is 5.52 Å². The number of para-hydroxylation sites is 2. The SMILES string of the molecule is Cc1ccc(-c2ccc3nc(-n4c5[c-]c(Oc6[c-]c7c(cc6)c6ccccc6n7-c6ccccn6)ccc5c5ccc(Oc6[c-]c7c(cc6)c6ccccc6n7-c6ccccn6)[c-]c54)ncc3c2)cc1.[Pt+2].[Pt+2]. The number of pyridine rings is 2. The summed E-state index contributed by atoms with van der Waals surface area (Å²) in [4.78, 5) is 19.6. The summed E-state index contributed by atoms with van der Waals surface area (Å²) in [6.45, 7) is 2.09. The monoisotopic (exact) mass is 1290 g/mol. The molecule has 8 aromatic carbocycles. The van der Waals surface area contributed by atoms with E-state index in [1.165, 1.54) is 5.56 Å². The average molecular weight is 1290 g/mol. The zero-order chi connectivity index (χ0) is 46.3. The van der Waals surface area contributed by atoms with Crippen molar-refractivity contribution in [3.63, 3.8) is 0 Å². The molecule has 0 amide bonds. The van der Waals surface area contributed by atoms with Crippen LogP contribution in [0.5, 0.6) is 23.0 Å². The van der Waals surface area contributed by atoms with Crippen LogP contribution in [-0.4, -0.2) is 33.6 Å². The molecular weight excluding hydrogens is 1250 g/mol. The maximum Gasteiger partial charge on any atom is 2.00 e. The topological polar surface area (TPSA) is 84.8 Å². The molecule has 0 bridgehead atoms. The fraction of sp³-hybridized carbons (Fsp3) is 0.0164. The van der Waals surface area contributed by atoms with Gasteiger partial charge in [-0.25, -0.2) is 19.9 Å². The van der Waals surface area contributed by atoms with E-state index in [-0.39, 0.29) is 42.1 Å². The van der Waals surface area contributed by atoms with Gasteiger partial charge in [-0.1, -0.05) is 106 Å². The third-order valence-corrected chi connectivity index (χ3v) is 13.0. The van der Waals surface area contributed by atoms with E-state index in [4.69, 9.17) is 29.4 Å². The van der Waals surface area contributed by atoms with Gasteiger partial charge < -0.3 is 23.2 Å². The molecule has 6 aromatic heterocycles. The van der Waals surface area contributed by atoms with Crippen LogP contribution >= 0.6 is 0 Å². The van der Waals surface area contributed by atoms with Crippen LogP contribution in [0.25, 0.3) is 105 Å². The number of aromatic nitrogens is 7. The molecule has 11 heteroatoms. The molecule has 72 heavy (non-hydrogen) atoms. The fourth-order valence-corrected chi connectivity index (χ4v) is 9.75. The Kier molecular flexibility index (Phi) is 11.4. The first kappa shape index (κ1) is 44.9. The molecule has 0 radical (unpaired) electrons. The van der Waals surface area contributed by atoms with Crippen molar-refractivity contribution >= 4 is 76.3 Å². The number of rotatable bonds is 8. The molecular formula is C61H35N7O2Pt2. The summed E-state index contributed by atoms with van der Waals surface area (Å²) >= 11 is 0. The van der Waals surface area contributed by atoms with Gasteiger partial charge in [-0.3, -0.25) is 0 Å². The Morgan fingerprint density at radius 1 is 0.403 bits per heavy atom. The van der Waals surface area contributed by atoms with Crippen molar-refractivity contribution in [3.8, 4) is 51.7 Å². The summed E-state index contributed by atoms with van der Waals surface area (Å²) in [5, 5.41) is 7.08. The molecule has 0 unspecified atom stereocenters. The summed E-state index contributed by atoms with van der Waals surface area (Å²) in [7, 11) is 0. The molecule has 0 aliphatic carbocycles. The van der Waals surface area contributed by atoms with Crippen LogP contribution < -0.4 is 9.47 Å². The zero-order valence-corrected chi connectivity index (χ0v) is 42.6. The van der Waals surface area contributed by atoms with Gasteiger partial charge in [-0.2, -0.15) is 35.0 Å². The van der Waals surface area contributed by atoms with E-state index < -0.39 is 0 Å². The van der Waals surface area contributed by atoms with Crippen molar-refractivity contribution in [3.05, 3.63) is 224 Å². The molecule has 6 heterocycles. The van der Waals surface area contributed by atoms with Gasteiger partial charge in [-0.15, -0.1) is 59.3 Å². The van der Waals surface area contributed by atoms with Crippen LogP contribution in [0.2, 0.25) is 0 Å². The maximum absolute atomic E-state index is 6.66. The molecule has 0 atom stereocenters. The standard InChI is InChI=1S/C61H35N7O2.2Pt/c1-38-16-18-39(19-17-38)40-20-29-52-41(32-40)37-64-61(65-52)68-57-35-44(69-42-21-25-48-46-10-2-4-12-53(46)66(55(48)33-42)59-14-6-8-30-62-59)23-27-50(57)51-28-24-45(36-58(51)68)70-43-22-26-49-47-11-3-5-13-54(47)67(56(49)34-43)60-15-7-9-31-63-60;;/h2-32,37H,1H3;;/q-4;2*+2. The smallest absolute Gasteiger partial charge is 0.509 e. The molecule has 0 N–H and O–H groups in total. The van der Waals surface area contributed by atoms with Crippen LogP contribution in [0.3, 0.4) is 0 Å². The summed E-state index contributed by atoms with van der Waals surface area (Å²) in [5.74, 6) is 4.12. The molecule has 14 rings (SSSR count). The van der Waals surface area contributed by atoms with E-state index in [1.54, 1.807) is 12.4 Å². The largest absolute Gasteiger partial charge is 2.00 e. The number of ether oxygens (including phenoxy) is 2. The van der Waals surface area contributed by atoms with Crippen LogP contribution in [0.4, 0.5) is 0 Å². The number of fused-ring (bicyclic) bond motifs is 10. The Morgan fingerprint density at radius 3 is 1.33 bits per heavy atom. The molecule has 346 valence electrons. The molecule has 0 saturated heterocycles. The van der Waals surface area contributed by atoms with Crippen LogP contribution in [0.1, 0.15) is 5.56 Å². The summed E-state index contributed by atoms with van der Waals surface area (Å²) in [5.41, 5.74) is 9.47. The van der Waals surface area contributed by atoms with Gasteiger partial charge in [0.25, 0.3) is 0 Å². The number of aryl methyl sites for hydroxylation is 1. The van der Waals surface area contributed by atoms with Crippen molar-refractivity contribution in [2.24, 2.45) is 0 Å². The Hall–Kier alpha value is -8.22. The quantitative estimate of drug-likeness (QED) is 0.141. The van der Waals surface area contributed by atoms with E-state index in [1.807, 2.05) is 102 Å². The number of benzene rings is 8. The molecule has 0 spiro atoms. The van der Waals surface area contributed by atoms with Gasteiger partial charge in [0.1, 0.15) is 11.6 Å². The summed E-state index contributed by atoms with van der Waals surface area (Å²) < 4.78 is 19.5. The van der Waals surface area contributed by atoms with E-state index in [0.717, 1.165) is 88.0 Å². The van der Waals surface area contributed by atoms with Gasteiger partial charge in [0.15, 0.2) is 0 Å². The fourth-order valence-electron chi connectivity index (χ4n) is 9.75. The van der Waals surface area contributed by atoms with Crippen molar-refractivity contribution in [2.45, 2.75) is 6.92 Å². The Labute approximate surface area is 441 Å². The Morgan fingerprint density at radius 2 is 0.847 bits per heavy atom. The van der Waals surface area contributed by atoms with Gasteiger partial charge in [-0.05, 0) is 77.4 Å². The third kappa shape index (κ3) is 7.56. The van der Waals surface area contributed by atoms with E-state index >= 15 is 0 Å². The minimum atomic E-state index is 0. The zero-order valence-electron chi connectivity index (χ0n) is 38.1. The van der Waals surface area contributed by atoms with Gasteiger partial charge in [0, 0.05) is 58.0 Å². The van der Waals surface area contributed by atoms with Crippen LogP contribution in [0, 0.1) is 31.2 Å². The molecule has 14 aromatic rings. The second-order valence-electron chi connectivity index (χ2n) is 17.3. The second kappa shape index (κ2) is 18.2. The Balaban J connectivity index is 0.00000265. The van der Waals surface area contributed by atoms with Crippen molar-refractivity contribution in [2.75, 3.05) is 0 Å². The summed E-state index contributed by atoms with van der Waals surface area (Å²) in [6, 6.07) is 73.6. The normalized spacial score (nSPS) is 11.5. The first-order chi connectivity index (χ1) is 34.6. The molecule has 0 fully saturated rings. The predicted octanol–water partition coefficient (Wildman–Crippen LogP) is 14.5. The number of hydrogen-bond donors (Lipinski definition) is 0. The molecule has 9 nitrogen and oxygen atoms in total. The molecule has 0 aliphatic heterocycles. The molecule has 0 aliphatic rings. The number of nitrogens with zero attached hydrogens (tertiary/aromatic N) is 7. The summed E-state index contributed by atoms with van der Waals surface area (Å²) in [6.07, 6.45) is 5.48. The van der Waals surface area contributed by atoms with Crippen molar-refractivity contribution < 1.29 is 51.6 Å². The van der Waals surface area contributed by atoms with E-state index in [9.17, 15) is 0 Å². The number of hydrogen-bond acceptors (Lipinski definition) is 6. The van der Waals surface area contributed by atoms with Crippen molar-refractivity contribution in [1.29, 1.82) is 0 Å². The van der Waals surface area contributed by atoms with E-state index in [0.29, 0.717) is 40.0 Å². The third-order valence-electron chi connectivity index (χ3n) is 13.0. The van der Waals surface area contributed by atoms with E-state index in [2.05, 4.69) is 125 Å². The van der Waals surface area contributed by atoms with Crippen molar-refractivity contribution in [1.82, 2.24) is 33.6 Å². The van der Waals surface area contributed by atoms with Gasteiger partial charge >= 0.3 is 42.1 Å². The minimum absolute atomic E-state index is 0. The van der Waals surface area contributed by atoms with Crippen LogP contribution in [0.15, 0.2) is 195 Å². The molecule has 0 saturated carbocycles. The second-order valence-corrected chi connectivity index (χ2v) is 17.3. The minimum Gasteiger partial charge on any atom is -0.509 e. The first-order valence-electron chi connectivity index (χ1n) is 22.9. The average Bonchev–Trinajstić information content (AvgIpc) is 4.03. The van der Waals surface area contributed by atoms with Gasteiger partial charge in [0.2, 0.25) is 5.95 Å². The maximum atomic E-state index is 6.66. The Bertz CT molecular complexity index is 4160. The van der Waals surface area contributed by atoms with Crippen LogP contribution in [-0.2, 0) is 42.1 Å².